The molecule has 1 fully saturated rings. The van der Waals surface area contributed by atoms with E-state index in [4.69, 9.17) is 14.7 Å². The lowest BCUT2D eigenvalue weighted by molar-refractivity contribution is 0.0526. The molecule has 0 amide bonds. The average Bonchev–Trinajstić information content (AvgIpc) is 3.43. The standard InChI is InChI=1S/C22H25N6O2PS/c1-15-12-27(9-10-30-15)22-25-20(24-16-4-6-18(7-5-16)31(2,3)29)19-21(26-22)28(14-23-19)17-8-11-32-13-17/h4-8,11,13-15H,9-10,12H2,1-3H3,(H,24,25,26). The quantitative estimate of drug-likeness (QED) is 0.442. The van der Waals surface area contributed by atoms with Gasteiger partial charge in [0.15, 0.2) is 17.0 Å². The molecule has 166 valence electrons. The maximum atomic E-state index is 12.4. The van der Waals surface area contributed by atoms with Crippen molar-refractivity contribution in [2.24, 2.45) is 0 Å². The maximum Gasteiger partial charge on any atom is 0.229 e. The van der Waals surface area contributed by atoms with Crippen molar-refractivity contribution >= 4 is 52.4 Å². The second kappa shape index (κ2) is 8.31. The van der Waals surface area contributed by atoms with Crippen LogP contribution in [0.2, 0.25) is 0 Å². The molecule has 0 spiro atoms. The van der Waals surface area contributed by atoms with Gasteiger partial charge in [-0.25, -0.2) is 4.98 Å². The summed E-state index contributed by atoms with van der Waals surface area (Å²) in [7, 11) is -2.30. The molecule has 0 aliphatic carbocycles. The lowest BCUT2D eigenvalue weighted by Crippen LogP contribution is -2.42. The molecule has 0 saturated carbocycles. The molecule has 1 N–H and O–H groups in total. The van der Waals surface area contributed by atoms with Gasteiger partial charge in [-0.05, 0) is 56.0 Å². The number of hydrogen-bond acceptors (Lipinski definition) is 8. The van der Waals surface area contributed by atoms with E-state index in [1.807, 2.05) is 40.3 Å². The Morgan fingerprint density at radius 2 is 2.00 bits per heavy atom. The second-order valence-electron chi connectivity index (χ2n) is 8.29. The first kappa shape index (κ1) is 21.1. The van der Waals surface area contributed by atoms with Crippen LogP contribution < -0.4 is 15.5 Å². The number of anilines is 3. The van der Waals surface area contributed by atoms with Crippen LogP contribution >= 0.6 is 18.5 Å². The highest BCUT2D eigenvalue weighted by Gasteiger charge is 2.23. The highest BCUT2D eigenvalue weighted by Crippen LogP contribution is 2.35. The van der Waals surface area contributed by atoms with Crippen LogP contribution in [0.25, 0.3) is 16.9 Å². The minimum Gasteiger partial charge on any atom is -0.375 e. The molecule has 0 radical (unpaired) electrons. The zero-order valence-electron chi connectivity index (χ0n) is 18.2. The molecule has 1 aliphatic heterocycles. The summed E-state index contributed by atoms with van der Waals surface area (Å²) < 4.78 is 20.0. The van der Waals surface area contributed by atoms with Crippen LogP contribution in [0.5, 0.6) is 0 Å². The van der Waals surface area contributed by atoms with Gasteiger partial charge in [0.2, 0.25) is 5.95 Å². The molecule has 4 heterocycles. The van der Waals surface area contributed by atoms with Crippen LogP contribution in [0.1, 0.15) is 6.92 Å². The van der Waals surface area contributed by atoms with Crippen molar-refractivity contribution in [3.8, 4) is 5.69 Å². The molecule has 1 saturated heterocycles. The van der Waals surface area contributed by atoms with E-state index < -0.39 is 7.14 Å². The summed E-state index contributed by atoms with van der Waals surface area (Å²) in [4.78, 5) is 16.5. The number of ether oxygens (including phenoxy) is 1. The molecule has 3 aromatic heterocycles. The van der Waals surface area contributed by atoms with Crippen molar-refractivity contribution in [3.05, 3.63) is 47.4 Å². The first-order valence-electron chi connectivity index (χ1n) is 10.5. The van der Waals surface area contributed by atoms with Gasteiger partial charge in [-0.15, -0.1) is 0 Å². The summed E-state index contributed by atoms with van der Waals surface area (Å²) in [6, 6.07) is 9.70. The van der Waals surface area contributed by atoms with E-state index in [-0.39, 0.29) is 6.10 Å². The smallest absolute Gasteiger partial charge is 0.229 e. The predicted molar refractivity (Wildman–Crippen MR) is 131 cm³/mol. The van der Waals surface area contributed by atoms with Gasteiger partial charge in [0.1, 0.15) is 13.5 Å². The van der Waals surface area contributed by atoms with Gasteiger partial charge in [-0.1, -0.05) is 0 Å². The van der Waals surface area contributed by atoms with E-state index in [0.29, 0.717) is 23.9 Å². The number of hydrogen-bond donors (Lipinski definition) is 1. The van der Waals surface area contributed by atoms with E-state index >= 15 is 0 Å². The van der Waals surface area contributed by atoms with Crippen molar-refractivity contribution in [1.29, 1.82) is 0 Å². The van der Waals surface area contributed by atoms with Crippen LogP contribution in [-0.4, -0.2) is 58.6 Å². The number of aromatic nitrogens is 4. The first-order valence-corrected chi connectivity index (χ1v) is 14.0. The van der Waals surface area contributed by atoms with Crippen LogP contribution in [0.15, 0.2) is 47.4 Å². The van der Waals surface area contributed by atoms with Gasteiger partial charge in [0, 0.05) is 29.5 Å². The van der Waals surface area contributed by atoms with E-state index in [1.54, 1.807) is 31.0 Å². The molecular weight excluding hydrogens is 443 g/mol. The summed E-state index contributed by atoms with van der Waals surface area (Å²) in [6.45, 7) is 7.71. The molecule has 1 aromatic carbocycles. The largest absolute Gasteiger partial charge is 0.375 e. The van der Waals surface area contributed by atoms with Gasteiger partial charge >= 0.3 is 0 Å². The number of nitrogens with one attached hydrogen (secondary N) is 1. The van der Waals surface area contributed by atoms with Gasteiger partial charge in [-0.2, -0.15) is 21.3 Å². The maximum absolute atomic E-state index is 12.4. The monoisotopic (exact) mass is 468 g/mol. The molecule has 0 bridgehead atoms. The highest BCUT2D eigenvalue weighted by molar-refractivity contribution is 7.70. The summed E-state index contributed by atoms with van der Waals surface area (Å²) in [6.07, 6.45) is 1.90. The predicted octanol–water partition coefficient (Wildman–Crippen LogP) is 4.09. The van der Waals surface area contributed by atoms with Crippen LogP contribution in [-0.2, 0) is 9.30 Å². The molecule has 4 aromatic rings. The molecule has 5 rings (SSSR count). The Bertz CT molecular complexity index is 1280. The Hall–Kier alpha value is -2.74. The average molecular weight is 469 g/mol. The summed E-state index contributed by atoms with van der Waals surface area (Å²) >= 11 is 1.63. The Kier molecular flexibility index (Phi) is 5.49. The van der Waals surface area contributed by atoms with Gasteiger partial charge < -0.3 is 19.5 Å². The number of benzene rings is 1. The summed E-state index contributed by atoms with van der Waals surface area (Å²) in [5.41, 5.74) is 3.32. The minimum absolute atomic E-state index is 0.118. The molecular formula is C22H25N6O2PS. The lowest BCUT2D eigenvalue weighted by atomic mass is 10.3. The molecule has 1 atom stereocenters. The van der Waals surface area contributed by atoms with Crippen LogP contribution in [0, 0.1) is 0 Å². The first-order chi connectivity index (χ1) is 15.4. The zero-order valence-corrected chi connectivity index (χ0v) is 19.9. The SMILES string of the molecule is CC1CN(c2nc(Nc3ccc(P(C)(C)=O)cc3)c3ncn(-c4ccsc4)c3n2)CCO1. The topological polar surface area (TPSA) is 85.2 Å². The molecule has 32 heavy (non-hydrogen) atoms. The van der Waals surface area contributed by atoms with Gasteiger partial charge in [0.05, 0.1) is 18.4 Å². The fraction of sp³-hybridized carbons (Fsp3) is 0.318. The fourth-order valence-corrected chi connectivity index (χ4v) is 5.24. The van der Waals surface area contributed by atoms with Crippen molar-refractivity contribution in [1.82, 2.24) is 19.5 Å². The van der Waals surface area contributed by atoms with E-state index in [1.165, 1.54) is 0 Å². The fourth-order valence-electron chi connectivity index (χ4n) is 3.74. The molecule has 8 nitrogen and oxygen atoms in total. The lowest BCUT2D eigenvalue weighted by Gasteiger charge is -2.31. The highest BCUT2D eigenvalue weighted by atomic mass is 32.1. The molecule has 1 unspecified atom stereocenters. The van der Waals surface area contributed by atoms with Crippen molar-refractivity contribution in [3.63, 3.8) is 0 Å². The third-order valence-corrected chi connectivity index (χ3v) is 7.66. The van der Waals surface area contributed by atoms with E-state index in [2.05, 4.69) is 27.5 Å². The normalized spacial score (nSPS) is 17.1. The van der Waals surface area contributed by atoms with Crippen LogP contribution in [0.4, 0.5) is 17.5 Å². The van der Waals surface area contributed by atoms with Crippen molar-refractivity contribution in [2.75, 3.05) is 43.2 Å². The van der Waals surface area contributed by atoms with Crippen molar-refractivity contribution in [2.45, 2.75) is 13.0 Å². The summed E-state index contributed by atoms with van der Waals surface area (Å²) in [5.74, 6) is 1.29. The van der Waals surface area contributed by atoms with E-state index in [9.17, 15) is 4.57 Å². The van der Waals surface area contributed by atoms with Gasteiger partial charge in [-0.3, -0.25) is 4.57 Å². The Balaban J connectivity index is 1.58. The minimum atomic E-state index is -2.30. The number of imidazole rings is 1. The second-order valence-corrected chi connectivity index (χ2v) is 12.3. The number of fused-ring (bicyclic) bond motifs is 1. The summed E-state index contributed by atoms with van der Waals surface area (Å²) in [5, 5.41) is 8.36. The Labute approximate surface area is 190 Å². The third kappa shape index (κ3) is 4.16. The number of morpholine rings is 1. The van der Waals surface area contributed by atoms with Crippen molar-refractivity contribution < 1.29 is 9.30 Å². The van der Waals surface area contributed by atoms with Gasteiger partial charge in [0.25, 0.3) is 0 Å². The third-order valence-electron chi connectivity index (χ3n) is 5.44. The van der Waals surface area contributed by atoms with Crippen LogP contribution in [0.3, 0.4) is 0 Å². The zero-order chi connectivity index (χ0) is 22.3. The molecule has 1 aliphatic rings. The Morgan fingerprint density at radius 1 is 1.19 bits per heavy atom. The Morgan fingerprint density at radius 3 is 2.69 bits per heavy atom. The molecule has 10 heteroatoms. The van der Waals surface area contributed by atoms with E-state index in [0.717, 1.165) is 35.4 Å². The number of rotatable bonds is 5. The number of nitrogens with zero attached hydrogens (tertiary/aromatic N) is 5. The number of thiophene rings is 1.